The molecule has 1 fully saturated rings. The maximum Gasteiger partial charge on any atom is 0.404 e. The normalized spacial score (nSPS) is 16.3. The van der Waals surface area contributed by atoms with Crippen molar-refractivity contribution < 1.29 is 14.3 Å². The Morgan fingerprint density at radius 1 is 1.15 bits per heavy atom. The molecular formula is C24H33N7O3. The van der Waals surface area contributed by atoms with Crippen LogP contribution in [0.4, 0.5) is 16.4 Å². The monoisotopic (exact) mass is 467 g/mol. The summed E-state index contributed by atoms with van der Waals surface area (Å²) in [7, 11) is 5.09. The summed E-state index contributed by atoms with van der Waals surface area (Å²) in [5, 5.41) is 9.00. The molecule has 0 atom stereocenters. The van der Waals surface area contributed by atoms with Gasteiger partial charge in [-0.15, -0.1) is 0 Å². The zero-order valence-electron chi connectivity index (χ0n) is 20.1. The molecule has 2 aromatic heterocycles. The first-order valence-electron chi connectivity index (χ1n) is 11.7. The van der Waals surface area contributed by atoms with Crippen LogP contribution in [0.25, 0.3) is 11.0 Å². The van der Waals surface area contributed by atoms with Crippen LogP contribution in [0, 0.1) is 0 Å². The number of likely N-dealkylation sites (N-methyl/N-ethyl adjacent to an activating group) is 1. The van der Waals surface area contributed by atoms with Gasteiger partial charge in [-0.25, -0.2) is 14.5 Å². The van der Waals surface area contributed by atoms with Gasteiger partial charge in [0, 0.05) is 19.3 Å². The summed E-state index contributed by atoms with van der Waals surface area (Å²) in [4.78, 5) is 21.0. The third kappa shape index (κ3) is 5.39. The highest BCUT2D eigenvalue weighted by Gasteiger charge is 2.20. The van der Waals surface area contributed by atoms with Gasteiger partial charge in [-0.2, -0.15) is 10.1 Å². The molecule has 10 heteroatoms. The number of ether oxygens (including phenoxy) is 2. The zero-order valence-corrected chi connectivity index (χ0v) is 20.1. The van der Waals surface area contributed by atoms with Crippen LogP contribution >= 0.6 is 0 Å². The molecule has 2 aliphatic rings. The summed E-state index contributed by atoms with van der Waals surface area (Å²) in [5.74, 6) is 1.41. The Morgan fingerprint density at radius 3 is 2.62 bits per heavy atom. The van der Waals surface area contributed by atoms with Crippen molar-refractivity contribution in [2.24, 2.45) is 5.73 Å². The minimum absolute atomic E-state index is 0.442. The standard InChI is InChI=1S/C22H28N6O.C2H5NO2/c1-27-9-8-15-11-20(29-2)19(10-16(15)14-27)25-22-23-12-17-13-24-28(21(17)26-22)18-6-4-3-5-7-18;1-5-2(3)4/h10-13,18H,3-9,14H2,1-2H3,(H,23,25,26);1H3,(H2,3,4). The van der Waals surface area contributed by atoms with Crippen LogP contribution in [0.15, 0.2) is 24.5 Å². The molecule has 1 saturated carbocycles. The van der Waals surface area contributed by atoms with Crippen LogP contribution in [0.5, 0.6) is 5.75 Å². The van der Waals surface area contributed by atoms with Crippen molar-refractivity contribution in [2.75, 3.05) is 33.1 Å². The molecule has 1 amide bonds. The third-order valence-electron chi connectivity index (χ3n) is 6.43. The fourth-order valence-corrected chi connectivity index (χ4v) is 4.60. The predicted octanol–water partition coefficient (Wildman–Crippen LogP) is 3.78. The van der Waals surface area contributed by atoms with Gasteiger partial charge in [0.1, 0.15) is 5.75 Å². The average Bonchev–Trinajstić information content (AvgIpc) is 3.28. The highest BCUT2D eigenvalue weighted by Crippen LogP contribution is 2.34. The second-order valence-corrected chi connectivity index (χ2v) is 8.81. The van der Waals surface area contributed by atoms with Crippen molar-refractivity contribution in [1.29, 1.82) is 0 Å². The number of amides is 1. The van der Waals surface area contributed by atoms with Gasteiger partial charge in [-0.05, 0) is 49.6 Å². The van der Waals surface area contributed by atoms with Gasteiger partial charge in [0.15, 0.2) is 5.65 Å². The Bertz CT molecular complexity index is 1140. The fourth-order valence-electron chi connectivity index (χ4n) is 4.60. The highest BCUT2D eigenvalue weighted by atomic mass is 16.5. The number of primary amides is 1. The van der Waals surface area contributed by atoms with E-state index in [9.17, 15) is 4.79 Å². The number of rotatable bonds is 4. The first kappa shape index (κ1) is 23.7. The third-order valence-corrected chi connectivity index (χ3v) is 6.43. The number of hydrogen-bond acceptors (Lipinski definition) is 8. The molecule has 1 aromatic carbocycles. The number of aromatic nitrogens is 4. The minimum Gasteiger partial charge on any atom is -0.495 e. The quantitative estimate of drug-likeness (QED) is 0.595. The number of hydrogen-bond donors (Lipinski definition) is 2. The lowest BCUT2D eigenvalue weighted by molar-refractivity contribution is 0.182. The molecular weight excluding hydrogens is 434 g/mol. The van der Waals surface area contributed by atoms with Crippen molar-refractivity contribution in [3.63, 3.8) is 0 Å². The van der Waals surface area contributed by atoms with Crippen molar-refractivity contribution in [3.8, 4) is 5.75 Å². The predicted molar refractivity (Wildman–Crippen MR) is 130 cm³/mol. The van der Waals surface area contributed by atoms with E-state index < -0.39 is 6.09 Å². The van der Waals surface area contributed by atoms with Crippen molar-refractivity contribution >= 4 is 28.8 Å². The number of methoxy groups -OCH3 is 2. The maximum absolute atomic E-state index is 9.37. The van der Waals surface area contributed by atoms with Gasteiger partial charge in [0.2, 0.25) is 5.95 Å². The molecule has 182 valence electrons. The molecule has 3 aromatic rings. The van der Waals surface area contributed by atoms with E-state index in [2.05, 4.69) is 54.6 Å². The second-order valence-electron chi connectivity index (χ2n) is 8.81. The lowest BCUT2D eigenvalue weighted by Gasteiger charge is -2.26. The molecule has 3 N–H and O–H groups in total. The Balaban J connectivity index is 0.000000499. The van der Waals surface area contributed by atoms with E-state index in [1.54, 1.807) is 7.11 Å². The molecule has 1 aliphatic carbocycles. The summed E-state index contributed by atoms with van der Waals surface area (Å²) < 4.78 is 11.6. The molecule has 0 saturated heterocycles. The number of benzene rings is 1. The number of nitrogens with zero attached hydrogens (tertiary/aromatic N) is 5. The van der Waals surface area contributed by atoms with Gasteiger partial charge in [-0.1, -0.05) is 19.3 Å². The second kappa shape index (κ2) is 10.7. The lowest BCUT2D eigenvalue weighted by atomic mass is 9.96. The molecule has 10 nitrogen and oxygen atoms in total. The number of nitrogens with one attached hydrogen (secondary N) is 1. The van der Waals surface area contributed by atoms with Gasteiger partial charge < -0.3 is 25.4 Å². The Labute approximate surface area is 199 Å². The number of anilines is 2. The molecule has 0 unspecified atom stereocenters. The van der Waals surface area contributed by atoms with E-state index in [0.717, 1.165) is 42.0 Å². The number of carbonyl (C=O) groups is 1. The minimum atomic E-state index is -0.745. The van der Waals surface area contributed by atoms with Crippen molar-refractivity contribution in [2.45, 2.75) is 51.1 Å². The van der Waals surface area contributed by atoms with E-state index in [1.165, 1.54) is 50.3 Å². The van der Waals surface area contributed by atoms with Crippen LogP contribution < -0.4 is 15.8 Å². The van der Waals surface area contributed by atoms with Crippen molar-refractivity contribution in [1.82, 2.24) is 24.6 Å². The number of fused-ring (bicyclic) bond motifs is 2. The average molecular weight is 468 g/mol. The molecule has 0 bridgehead atoms. The maximum atomic E-state index is 9.37. The fraction of sp³-hybridized carbons (Fsp3) is 0.500. The zero-order chi connectivity index (χ0) is 24.1. The number of carbonyl (C=O) groups excluding carboxylic acids is 1. The Kier molecular flexibility index (Phi) is 7.46. The van der Waals surface area contributed by atoms with E-state index in [4.69, 9.17) is 9.72 Å². The SMILES string of the molecule is COC(N)=O.COc1cc2c(cc1Nc1ncc3cnn(C4CCCCC4)c3n1)CN(C)CC2. The van der Waals surface area contributed by atoms with Crippen LogP contribution in [0.2, 0.25) is 0 Å². The van der Waals surface area contributed by atoms with E-state index in [0.29, 0.717) is 12.0 Å². The van der Waals surface area contributed by atoms with Crippen LogP contribution in [-0.2, 0) is 17.7 Å². The summed E-state index contributed by atoms with van der Waals surface area (Å²) in [5.41, 5.74) is 8.93. The van der Waals surface area contributed by atoms with Crippen LogP contribution in [-0.4, -0.2) is 58.6 Å². The van der Waals surface area contributed by atoms with E-state index >= 15 is 0 Å². The van der Waals surface area contributed by atoms with Gasteiger partial charge in [0.25, 0.3) is 0 Å². The topological polar surface area (TPSA) is 120 Å². The van der Waals surface area contributed by atoms with Gasteiger partial charge in [0.05, 0.1) is 37.5 Å². The van der Waals surface area contributed by atoms with Crippen molar-refractivity contribution in [3.05, 3.63) is 35.7 Å². The largest absolute Gasteiger partial charge is 0.495 e. The van der Waals surface area contributed by atoms with E-state index in [-0.39, 0.29) is 0 Å². The Morgan fingerprint density at radius 2 is 1.91 bits per heavy atom. The summed E-state index contributed by atoms with van der Waals surface area (Å²) in [6.07, 6.45) is 10.2. The first-order chi connectivity index (χ1) is 16.5. The molecule has 0 radical (unpaired) electrons. The smallest absolute Gasteiger partial charge is 0.404 e. The Hall–Kier alpha value is -3.40. The molecule has 3 heterocycles. The van der Waals surface area contributed by atoms with Crippen LogP contribution in [0.1, 0.15) is 49.3 Å². The van der Waals surface area contributed by atoms with Gasteiger partial charge >= 0.3 is 6.09 Å². The first-order valence-corrected chi connectivity index (χ1v) is 11.7. The molecule has 1 aliphatic heterocycles. The van der Waals surface area contributed by atoms with E-state index in [1.807, 2.05) is 12.4 Å². The lowest BCUT2D eigenvalue weighted by Crippen LogP contribution is -2.26. The number of nitrogens with two attached hydrogens (primary N) is 1. The highest BCUT2D eigenvalue weighted by molar-refractivity contribution is 5.76. The molecule has 0 spiro atoms. The summed E-state index contributed by atoms with van der Waals surface area (Å²) in [6.45, 7) is 2.02. The summed E-state index contributed by atoms with van der Waals surface area (Å²) >= 11 is 0. The van der Waals surface area contributed by atoms with Crippen LogP contribution in [0.3, 0.4) is 0 Å². The molecule has 5 rings (SSSR count). The summed E-state index contributed by atoms with van der Waals surface area (Å²) in [6, 6.07) is 4.77. The molecule has 34 heavy (non-hydrogen) atoms. The van der Waals surface area contributed by atoms with Gasteiger partial charge in [-0.3, -0.25) is 0 Å².